The normalized spacial score (nSPS) is 17.2. The first-order chi connectivity index (χ1) is 11.5. The van der Waals surface area contributed by atoms with Crippen LogP contribution in [-0.2, 0) is 16.1 Å². The second kappa shape index (κ2) is 7.24. The molecule has 2 aromatic carbocycles. The van der Waals surface area contributed by atoms with E-state index in [1.807, 2.05) is 24.3 Å². The Bertz CT molecular complexity index is 762. The summed E-state index contributed by atoms with van der Waals surface area (Å²) in [4.78, 5) is 26.1. The smallest absolute Gasteiger partial charge is 0.227 e. The fourth-order valence-corrected chi connectivity index (χ4v) is 3.09. The number of carbonyl (C=O) groups is 2. The van der Waals surface area contributed by atoms with E-state index in [9.17, 15) is 9.59 Å². The van der Waals surface area contributed by atoms with Crippen molar-refractivity contribution in [1.82, 2.24) is 5.32 Å². The van der Waals surface area contributed by atoms with Crippen molar-refractivity contribution in [3.05, 3.63) is 64.1 Å². The van der Waals surface area contributed by atoms with Crippen molar-refractivity contribution in [3.63, 3.8) is 0 Å². The van der Waals surface area contributed by atoms with E-state index in [2.05, 4.69) is 5.32 Å². The average Bonchev–Trinajstić information content (AvgIpc) is 2.96. The summed E-state index contributed by atoms with van der Waals surface area (Å²) < 4.78 is 0. The Morgan fingerprint density at radius 2 is 1.83 bits per heavy atom. The lowest BCUT2D eigenvalue weighted by atomic mass is 10.1. The number of rotatable bonds is 4. The molecule has 1 N–H and O–H groups in total. The van der Waals surface area contributed by atoms with E-state index in [1.165, 1.54) is 0 Å². The van der Waals surface area contributed by atoms with Crippen molar-refractivity contribution in [3.8, 4) is 0 Å². The standard InChI is InChI=1S/C18H16Cl2N2O2/c19-14-7-5-12(6-8-14)10-21-18(24)13-9-17(23)22(11-13)16-4-2-1-3-15(16)20/h1-8,13H,9-11H2,(H,21,24). The molecular formula is C18H16Cl2N2O2. The second-order valence-corrected chi connectivity index (χ2v) is 6.54. The Labute approximate surface area is 150 Å². The summed E-state index contributed by atoms with van der Waals surface area (Å²) in [5.74, 6) is -0.594. The van der Waals surface area contributed by atoms with Crippen LogP contribution >= 0.6 is 23.2 Å². The fraction of sp³-hybridized carbons (Fsp3) is 0.222. The van der Waals surface area contributed by atoms with Gasteiger partial charge in [0.15, 0.2) is 0 Å². The first-order valence-corrected chi connectivity index (χ1v) is 8.37. The maximum atomic E-state index is 12.3. The molecule has 4 nitrogen and oxygen atoms in total. The number of para-hydroxylation sites is 1. The van der Waals surface area contributed by atoms with Crippen molar-refractivity contribution >= 4 is 40.7 Å². The third-order valence-corrected chi connectivity index (χ3v) is 4.59. The van der Waals surface area contributed by atoms with Gasteiger partial charge in [-0.1, -0.05) is 47.5 Å². The summed E-state index contributed by atoms with van der Waals surface area (Å²) in [5.41, 5.74) is 1.61. The Morgan fingerprint density at radius 3 is 2.54 bits per heavy atom. The molecule has 0 saturated carbocycles. The molecular weight excluding hydrogens is 347 g/mol. The van der Waals surface area contributed by atoms with Crippen LogP contribution in [0.1, 0.15) is 12.0 Å². The van der Waals surface area contributed by atoms with Gasteiger partial charge in [-0.15, -0.1) is 0 Å². The summed E-state index contributed by atoms with van der Waals surface area (Å²) in [5, 5.41) is 4.04. The van der Waals surface area contributed by atoms with Gasteiger partial charge in [0.25, 0.3) is 0 Å². The molecule has 1 aliphatic rings. The minimum atomic E-state index is -0.374. The number of nitrogens with zero attached hydrogens (tertiary/aromatic N) is 1. The van der Waals surface area contributed by atoms with Crippen molar-refractivity contribution in [2.45, 2.75) is 13.0 Å². The van der Waals surface area contributed by atoms with Gasteiger partial charge in [0, 0.05) is 24.5 Å². The van der Waals surface area contributed by atoms with Crippen LogP contribution in [0.2, 0.25) is 10.0 Å². The molecule has 1 atom stereocenters. The molecule has 1 saturated heterocycles. The maximum absolute atomic E-state index is 12.3. The lowest BCUT2D eigenvalue weighted by molar-refractivity contribution is -0.126. The monoisotopic (exact) mass is 362 g/mol. The number of nitrogens with one attached hydrogen (secondary N) is 1. The van der Waals surface area contributed by atoms with Gasteiger partial charge >= 0.3 is 0 Å². The molecule has 124 valence electrons. The highest BCUT2D eigenvalue weighted by Crippen LogP contribution is 2.31. The zero-order chi connectivity index (χ0) is 17.1. The van der Waals surface area contributed by atoms with Crippen LogP contribution in [0.25, 0.3) is 0 Å². The molecule has 24 heavy (non-hydrogen) atoms. The van der Waals surface area contributed by atoms with Gasteiger partial charge < -0.3 is 10.2 Å². The number of hydrogen-bond acceptors (Lipinski definition) is 2. The molecule has 1 fully saturated rings. The van der Waals surface area contributed by atoms with Gasteiger partial charge in [0.1, 0.15) is 0 Å². The predicted molar refractivity (Wildman–Crippen MR) is 95.2 cm³/mol. The van der Waals surface area contributed by atoms with E-state index in [-0.39, 0.29) is 24.2 Å². The highest BCUT2D eigenvalue weighted by atomic mass is 35.5. The van der Waals surface area contributed by atoms with Gasteiger partial charge in [-0.3, -0.25) is 9.59 Å². The van der Waals surface area contributed by atoms with Crippen molar-refractivity contribution < 1.29 is 9.59 Å². The predicted octanol–water partition coefficient (Wildman–Crippen LogP) is 3.66. The number of carbonyl (C=O) groups excluding carboxylic acids is 2. The Balaban J connectivity index is 1.62. The van der Waals surface area contributed by atoms with Crippen LogP contribution in [0, 0.1) is 5.92 Å². The van der Waals surface area contributed by atoms with Crippen LogP contribution < -0.4 is 10.2 Å². The molecule has 0 spiro atoms. The molecule has 3 rings (SSSR count). The zero-order valence-electron chi connectivity index (χ0n) is 12.8. The molecule has 2 aromatic rings. The van der Waals surface area contributed by atoms with E-state index in [0.717, 1.165) is 5.56 Å². The van der Waals surface area contributed by atoms with Crippen molar-refractivity contribution in [2.75, 3.05) is 11.4 Å². The first kappa shape index (κ1) is 16.8. The van der Waals surface area contributed by atoms with Gasteiger partial charge in [0.05, 0.1) is 16.6 Å². The van der Waals surface area contributed by atoms with Crippen LogP contribution in [0.3, 0.4) is 0 Å². The van der Waals surface area contributed by atoms with Crippen molar-refractivity contribution in [1.29, 1.82) is 0 Å². The number of benzene rings is 2. The summed E-state index contributed by atoms with van der Waals surface area (Å²) in [6, 6.07) is 14.4. The summed E-state index contributed by atoms with van der Waals surface area (Å²) in [7, 11) is 0. The largest absolute Gasteiger partial charge is 0.352 e. The van der Waals surface area contributed by atoms with Crippen LogP contribution in [0.15, 0.2) is 48.5 Å². The molecule has 1 aliphatic heterocycles. The fourth-order valence-electron chi connectivity index (χ4n) is 2.72. The van der Waals surface area contributed by atoms with E-state index in [4.69, 9.17) is 23.2 Å². The first-order valence-electron chi connectivity index (χ1n) is 7.61. The molecule has 2 amide bonds. The van der Waals surface area contributed by atoms with Crippen LogP contribution in [0.5, 0.6) is 0 Å². The summed E-state index contributed by atoms with van der Waals surface area (Å²) >= 11 is 12.0. The quantitative estimate of drug-likeness (QED) is 0.901. The third-order valence-electron chi connectivity index (χ3n) is 4.02. The number of anilines is 1. The van der Waals surface area contributed by atoms with Crippen LogP contribution in [-0.4, -0.2) is 18.4 Å². The molecule has 1 heterocycles. The summed E-state index contributed by atoms with van der Waals surface area (Å²) in [6.45, 7) is 0.752. The van der Waals surface area contributed by atoms with Gasteiger partial charge in [-0.2, -0.15) is 0 Å². The van der Waals surface area contributed by atoms with Gasteiger partial charge in [-0.25, -0.2) is 0 Å². The lowest BCUT2D eigenvalue weighted by Gasteiger charge is -2.18. The zero-order valence-corrected chi connectivity index (χ0v) is 14.3. The minimum Gasteiger partial charge on any atom is -0.352 e. The number of amides is 2. The Morgan fingerprint density at radius 1 is 1.12 bits per heavy atom. The van der Waals surface area contributed by atoms with Crippen molar-refractivity contribution in [2.24, 2.45) is 5.92 Å². The molecule has 6 heteroatoms. The Hall–Kier alpha value is -2.04. The molecule has 0 aliphatic carbocycles. The van der Waals surface area contributed by atoms with E-state index in [1.54, 1.807) is 29.2 Å². The van der Waals surface area contributed by atoms with Crippen LogP contribution in [0.4, 0.5) is 5.69 Å². The highest BCUT2D eigenvalue weighted by Gasteiger charge is 2.35. The molecule has 0 aromatic heterocycles. The van der Waals surface area contributed by atoms with Gasteiger partial charge in [-0.05, 0) is 29.8 Å². The topological polar surface area (TPSA) is 49.4 Å². The average molecular weight is 363 g/mol. The summed E-state index contributed by atoms with van der Waals surface area (Å²) in [6.07, 6.45) is 0.192. The Kier molecular flexibility index (Phi) is 5.07. The lowest BCUT2D eigenvalue weighted by Crippen LogP contribution is -2.32. The third kappa shape index (κ3) is 3.71. The van der Waals surface area contributed by atoms with E-state index < -0.39 is 0 Å². The minimum absolute atomic E-state index is 0.0882. The maximum Gasteiger partial charge on any atom is 0.227 e. The molecule has 1 unspecified atom stereocenters. The SMILES string of the molecule is O=C(NCc1ccc(Cl)cc1)C1CC(=O)N(c2ccccc2Cl)C1. The van der Waals surface area contributed by atoms with Gasteiger partial charge in [0.2, 0.25) is 11.8 Å². The number of halogens is 2. The van der Waals surface area contributed by atoms with E-state index >= 15 is 0 Å². The molecule has 0 bridgehead atoms. The van der Waals surface area contributed by atoms with E-state index in [0.29, 0.717) is 28.8 Å². The highest BCUT2D eigenvalue weighted by molar-refractivity contribution is 6.34. The second-order valence-electron chi connectivity index (χ2n) is 5.70. The molecule has 0 radical (unpaired) electrons. The number of hydrogen-bond donors (Lipinski definition) is 1.